The average molecular weight is 285 g/mol. The molecule has 0 aromatic heterocycles. The Morgan fingerprint density at radius 3 is 2.86 bits per heavy atom. The Bertz CT molecular complexity index is 609. The lowest BCUT2D eigenvalue weighted by atomic mass is 9.99. The van der Waals surface area contributed by atoms with Crippen LogP contribution in [-0.4, -0.2) is 29.0 Å². The molecule has 1 saturated heterocycles. The number of rotatable bonds is 2. The largest absolute Gasteiger partial charge is 0.330 e. The lowest BCUT2D eigenvalue weighted by molar-refractivity contribution is -0.125. The van der Waals surface area contributed by atoms with E-state index in [0.717, 1.165) is 19.4 Å². The Labute approximate surface area is 124 Å². The molecular formula is C16H19N3O2. The molecule has 0 aliphatic carbocycles. The highest BCUT2D eigenvalue weighted by atomic mass is 16.2. The molecule has 0 spiro atoms. The van der Waals surface area contributed by atoms with Crippen LogP contribution in [0, 0.1) is 6.92 Å². The summed E-state index contributed by atoms with van der Waals surface area (Å²) in [5.41, 5.74) is 5.29. The van der Waals surface area contributed by atoms with Gasteiger partial charge in [-0.1, -0.05) is 24.3 Å². The summed E-state index contributed by atoms with van der Waals surface area (Å²) >= 11 is 0. The van der Waals surface area contributed by atoms with E-state index in [4.69, 9.17) is 0 Å². The number of carbonyl (C=O) groups is 2. The fourth-order valence-electron chi connectivity index (χ4n) is 3.09. The quantitative estimate of drug-likeness (QED) is 0.902. The lowest BCUT2D eigenvalue weighted by Crippen LogP contribution is -2.40. The molecular weight excluding hydrogens is 266 g/mol. The highest BCUT2D eigenvalue weighted by Crippen LogP contribution is 2.34. The number of hydrogen-bond acceptors (Lipinski definition) is 3. The maximum atomic E-state index is 12.6. The maximum Gasteiger partial charge on any atom is 0.270 e. The van der Waals surface area contributed by atoms with Crippen molar-refractivity contribution < 1.29 is 9.59 Å². The van der Waals surface area contributed by atoms with Gasteiger partial charge >= 0.3 is 0 Å². The standard InChI is InChI=1S/C16H19N3O2/c1-11-5-2-3-6-12(11)14-7-4-10-19(14)16(21)13-8-9-15(20)18-17-13/h2-3,5-6,14H,4,7-10H2,1H3,(H,18,20). The van der Waals surface area contributed by atoms with Crippen molar-refractivity contribution in [2.24, 2.45) is 5.10 Å². The Balaban J connectivity index is 1.83. The van der Waals surface area contributed by atoms with Crippen molar-refractivity contribution in [3.63, 3.8) is 0 Å². The molecule has 21 heavy (non-hydrogen) atoms. The molecule has 2 aliphatic heterocycles. The zero-order chi connectivity index (χ0) is 14.8. The van der Waals surface area contributed by atoms with Gasteiger partial charge < -0.3 is 4.90 Å². The summed E-state index contributed by atoms with van der Waals surface area (Å²) in [6.07, 6.45) is 2.76. The van der Waals surface area contributed by atoms with Crippen molar-refractivity contribution in [1.82, 2.24) is 10.3 Å². The predicted octanol–water partition coefficient (Wildman–Crippen LogP) is 1.92. The molecule has 3 rings (SSSR count). The van der Waals surface area contributed by atoms with Crippen LogP contribution in [0.2, 0.25) is 0 Å². The Morgan fingerprint density at radius 2 is 2.14 bits per heavy atom. The third kappa shape index (κ3) is 2.68. The van der Waals surface area contributed by atoms with Crippen molar-refractivity contribution in [3.05, 3.63) is 35.4 Å². The van der Waals surface area contributed by atoms with Gasteiger partial charge in [0, 0.05) is 19.4 Å². The first-order valence-corrected chi connectivity index (χ1v) is 7.38. The van der Waals surface area contributed by atoms with Crippen LogP contribution in [0.25, 0.3) is 0 Å². The van der Waals surface area contributed by atoms with Gasteiger partial charge in [0.15, 0.2) is 0 Å². The van der Waals surface area contributed by atoms with Crippen LogP contribution < -0.4 is 5.43 Å². The number of nitrogens with one attached hydrogen (secondary N) is 1. The summed E-state index contributed by atoms with van der Waals surface area (Å²) in [4.78, 5) is 25.7. The second kappa shape index (κ2) is 5.68. The third-order valence-corrected chi connectivity index (χ3v) is 4.21. The van der Waals surface area contributed by atoms with Crippen LogP contribution in [0.15, 0.2) is 29.4 Å². The normalized spacial score (nSPS) is 22.0. The van der Waals surface area contributed by atoms with E-state index in [2.05, 4.69) is 29.6 Å². The first-order chi connectivity index (χ1) is 10.2. The van der Waals surface area contributed by atoms with Gasteiger partial charge in [-0.3, -0.25) is 9.59 Å². The smallest absolute Gasteiger partial charge is 0.270 e. The van der Waals surface area contributed by atoms with E-state index in [1.807, 2.05) is 17.0 Å². The topological polar surface area (TPSA) is 61.8 Å². The van der Waals surface area contributed by atoms with E-state index in [1.54, 1.807) is 0 Å². The van der Waals surface area contributed by atoms with Gasteiger partial charge in [-0.2, -0.15) is 5.10 Å². The zero-order valence-corrected chi connectivity index (χ0v) is 12.1. The molecule has 1 aromatic rings. The second-order valence-corrected chi connectivity index (χ2v) is 5.61. The summed E-state index contributed by atoms with van der Waals surface area (Å²) in [5.74, 6) is -0.163. The van der Waals surface area contributed by atoms with E-state index in [0.29, 0.717) is 18.6 Å². The van der Waals surface area contributed by atoms with Crippen LogP contribution in [0.5, 0.6) is 0 Å². The van der Waals surface area contributed by atoms with Crippen molar-refractivity contribution in [3.8, 4) is 0 Å². The Kier molecular flexibility index (Phi) is 3.73. The summed E-state index contributed by atoms with van der Waals surface area (Å²) in [6, 6.07) is 8.33. The Hall–Kier alpha value is -2.17. The van der Waals surface area contributed by atoms with Crippen molar-refractivity contribution >= 4 is 17.5 Å². The fourth-order valence-corrected chi connectivity index (χ4v) is 3.09. The number of nitrogens with zero attached hydrogens (tertiary/aromatic N) is 2. The summed E-state index contributed by atoms with van der Waals surface area (Å²) < 4.78 is 0. The summed E-state index contributed by atoms with van der Waals surface area (Å²) in [7, 11) is 0. The molecule has 2 heterocycles. The van der Waals surface area contributed by atoms with Gasteiger partial charge in [0.1, 0.15) is 5.71 Å². The molecule has 0 radical (unpaired) electrons. The minimum absolute atomic E-state index is 0.0410. The molecule has 1 N–H and O–H groups in total. The van der Waals surface area contributed by atoms with E-state index in [9.17, 15) is 9.59 Å². The zero-order valence-electron chi connectivity index (χ0n) is 12.1. The fraction of sp³-hybridized carbons (Fsp3) is 0.438. The van der Waals surface area contributed by atoms with Crippen LogP contribution in [0.3, 0.4) is 0 Å². The van der Waals surface area contributed by atoms with E-state index >= 15 is 0 Å². The van der Waals surface area contributed by atoms with Gasteiger partial charge in [-0.25, -0.2) is 5.43 Å². The number of carbonyl (C=O) groups excluding carboxylic acids is 2. The third-order valence-electron chi connectivity index (χ3n) is 4.21. The van der Waals surface area contributed by atoms with Crippen LogP contribution in [-0.2, 0) is 9.59 Å². The van der Waals surface area contributed by atoms with Gasteiger partial charge in [-0.05, 0) is 30.9 Å². The molecule has 2 aliphatic rings. The minimum atomic E-state index is -0.122. The second-order valence-electron chi connectivity index (χ2n) is 5.61. The SMILES string of the molecule is Cc1ccccc1C1CCCN1C(=O)C1=NNC(=O)CC1. The number of amides is 2. The molecule has 1 atom stereocenters. The number of hydrazone groups is 1. The van der Waals surface area contributed by atoms with Gasteiger partial charge in [0.05, 0.1) is 6.04 Å². The number of hydrogen-bond donors (Lipinski definition) is 1. The molecule has 1 fully saturated rings. The highest BCUT2D eigenvalue weighted by molar-refractivity contribution is 6.39. The molecule has 0 saturated carbocycles. The van der Waals surface area contributed by atoms with Gasteiger partial charge in [0.25, 0.3) is 5.91 Å². The first kappa shape index (κ1) is 13.8. The van der Waals surface area contributed by atoms with Crippen molar-refractivity contribution in [2.75, 3.05) is 6.54 Å². The minimum Gasteiger partial charge on any atom is -0.330 e. The average Bonchev–Trinajstić information content (AvgIpc) is 2.97. The molecule has 5 heteroatoms. The van der Waals surface area contributed by atoms with Crippen molar-refractivity contribution in [1.29, 1.82) is 0 Å². The molecule has 0 bridgehead atoms. The molecule has 5 nitrogen and oxygen atoms in total. The highest BCUT2D eigenvalue weighted by Gasteiger charge is 2.33. The number of benzene rings is 1. The molecule has 110 valence electrons. The van der Waals surface area contributed by atoms with E-state index < -0.39 is 0 Å². The Morgan fingerprint density at radius 1 is 1.33 bits per heavy atom. The van der Waals surface area contributed by atoms with Gasteiger partial charge in [0.2, 0.25) is 5.91 Å². The van der Waals surface area contributed by atoms with Crippen LogP contribution >= 0.6 is 0 Å². The number of likely N-dealkylation sites (tertiary alicyclic amines) is 1. The number of aryl methyl sites for hydroxylation is 1. The lowest BCUT2D eigenvalue weighted by Gasteiger charge is -2.27. The predicted molar refractivity (Wildman–Crippen MR) is 79.7 cm³/mol. The van der Waals surface area contributed by atoms with Gasteiger partial charge in [-0.15, -0.1) is 0 Å². The first-order valence-electron chi connectivity index (χ1n) is 7.38. The maximum absolute atomic E-state index is 12.6. The van der Waals surface area contributed by atoms with E-state index in [1.165, 1.54) is 11.1 Å². The monoisotopic (exact) mass is 285 g/mol. The van der Waals surface area contributed by atoms with Crippen molar-refractivity contribution in [2.45, 2.75) is 38.6 Å². The van der Waals surface area contributed by atoms with E-state index in [-0.39, 0.29) is 17.9 Å². The summed E-state index contributed by atoms with van der Waals surface area (Å²) in [6.45, 7) is 2.83. The molecule has 1 aromatic carbocycles. The van der Waals surface area contributed by atoms with Crippen LogP contribution in [0.1, 0.15) is 42.9 Å². The summed E-state index contributed by atoms with van der Waals surface area (Å²) in [5, 5.41) is 3.93. The molecule has 1 unspecified atom stereocenters. The van der Waals surface area contributed by atoms with Crippen LogP contribution in [0.4, 0.5) is 0 Å². The molecule has 2 amide bonds.